The second-order valence-corrected chi connectivity index (χ2v) is 6.23. The number of benzene rings is 1. The number of hydrogen-bond acceptors (Lipinski definition) is 6. The quantitative estimate of drug-likeness (QED) is 0.759. The van der Waals surface area contributed by atoms with Crippen LogP contribution in [0, 0.1) is 0 Å². The molecule has 0 atom stereocenters. The molecule has 3 rings (SSSR count). The molecule has 1 amide bonds. The molecule has 1 aliphatic rings. The maximum atomic E-state index is 11.9. The van der Waals surface area contributed by atoms with E-state index >= 15 is 0 Å². The Balaban J connectivity index is 1.52. The van der Waals surface area contributed by atoms with Crippen molar-refractivity contribution >= 4 is 23.5 Å². The van der Waals surface area contributed by atoms with Crippen molar-refractivity contribution in [2.75, 3.05) is 13.1 Å². The fourth-order valence-electron chi connectivity index (χ4n) is 2.57. The predicted octanol–water partition coefficient (Wildman–Crippen LogP) is 2.84. The van der Waals surface area contributed by atoms with Gasteiger partial charge in [0.2, 0.25) is 11.8 Å². The van der Waals surface area contributed by atoms with Crippen molar-refractivity contribution in [1.29, 1.82) is 0 Å². The second kappa shape index (κ2) is 8.11. The summed E-state index contributed by atoms with van der Waals surface area (Å²) in [6.07, 6.45) is 3.28. The van der Waals surface area contributed by atoms with Gasteiger partial charge in [-0.2, -0.15) is 0 Å². The van der Waals surface area contributed by atoms with Crippen LogP contribution < -0.4 is 0 Å². The van der Waals surface area contributed by atoms with E-state index in [0.717, 1.165) is 24.8 Å². The molecule has 0 unspecified atom stereocenters. The molecule has 0 bridgehead atoms. The average Bonchev–Trinajstić information content (AvgIpc) is 2.99. The lowest BCUT2D eigenvalue weighted by molar-refractivity contribution is -0.150. The highest BCUT2D eigenvalue weighted by Crippen LogP contribution is 2.20. The molecule has 0 saturated carbocycles. The Kier molecular flexibility index (Phi) is 5.65. The summed E-state index contributed by atoms with van der Waals surface area (Å²) >= 11 is 5.84. The molecule has 0 spiro atoms. The van der Waals surface area contributed by atoms with Gasteiger partial charge in [0.15, 0.2) is 6.61 Å². The van der Waals surface area contributed by atoms with E-state index < -0.39 is 5.97 Å². The van der Waals surface area contributed by atoms with E-state index in [0.29, 0.717) is 23.9 Å². The zero-order chi connectivity index (χ0) is 17.6. The molecule has 0 aliphatic carbocycles. The molecule has 1 saturated heterocycles. The van der Waals surface area contributed by atoms with Crippen LogP contribution in [0.2, 0.25) is 5.02 Å². The minimum Gasteiger partial charge on any atom is -0.454 e. The number of hydrogen-bond donors (Lipinski definition) is 0. The molecule has 1 aliphatic heterocycles. The molecular formula is C17H18ClN3O4. The standard InChI is InChI=1S/C17H18ClN3O4/c18-13-7-5-12(6-8-13)17-20-19-14(25-17)11-24-16(23)10-21-9-3-1-2-4-15(21)22/h5-8H,1-4,9-11H2. The van der Waals surface area contributed by atoms with Crippen LogP contribution in [0.1, 0.15) is 31.6 Å². The largest absolute Gasteiger partial charge is 0.454 e. The number of carbonyl (C=O) groups is 2. The molecule has 8 heteroatoms. The minimum atomic E-state index is -0.485. The summed E-state index contributed by atoms with van der Waals surface area (Å²) in [5, 5.41) is 8.39. The van der Waals surface area contributed by atoms with Crippen molar-refractivity contribution in [3.63, 3.8) is 0 Å². The van der Waals surface area contributed by atoms with Gasteiger partial charge < -0.3 is 14.1 Å². The van der Waals surface area contributed by atoms with Gasteiger partial charge in [-0.15, -0.1) is 10.2 Å². The van der Waals surface area contributed by atoms with Crippen LogP contribution in [0.25, 0.3) is 11.5 Å². The van der Waals surface area contributed by atoms with Gasteiger partial charge in [0, 0.05) is 23.6 Å². The van der Waals surface area contributed by atoms with Crippen LogP contribution in [0.3, 0.4) is 0 Å². The van der Waals surface area contributed by atoms with E-state index in [4.69, 9.17) is 20.8 Å². The highest BCUT2D eigenvalue weighted by Gasteiger charge is 2.20. The summed E-state index contributed by atoms with van der Waals surface area (Å²) in [6, 6.07) is 6.96. The average molecular weight is 364 g/mol. The third-order valence-electron chi connectivity index (χ3n) is 3.91. The first-order valence-corrected chi connectivity index (χ1v) is 8.51. The molecule has 132 valence electrons. The van der Waals surface area contributed by atoms with E-state index in [2.05, 4.69) is 10.2 Å². The Labute approximate surface area is 149 Å². The fraction of sp³-hybridized carbons (Fsp3) is 0.412. The van der Waals surface area contributed by atoms with Crippen molar-refractivity contribution < 1.29 is 18.7 Å². The number of amides is 1. The lowest BCUT2D eigenvalue weighted by Gasteiger charge is -2.18. The fourth-order valence-corrected chi connectivity index (χ4v) is 2.70. The zero-order valence-electron chi connectivity index (χ0n) is 13.6. The molecule has 7 nitrogen and oxygen atoms in total. The highest BCUT2D eigenvalue weighted by molar-refractivity contribution is 6.30. The van der Waals surface area contributed by atoms with Crippen molar-refractivity contribution in [3.05, 3.63) is 35.2 Å². The van der Waals surface area contributed by atoms with Gasteiger partial charge in [0.25, 0.3) is 5.89 Å². The van der Waals surface area contributed by atoms with Crippen molar-refractivity contribution in [2.24, 2.45) is 0 Å². The van der Waals surface area contributed by atoms with Crippen molar-refractivity contribution in [2.45, 2.75) is 32.3 Å². The minimum absolute atomic E-state index is 0.00253. The SMILES string of the molecule is O=C(CN1CCCCCC1=O)OCc1nnc(-c2ccc(Cl)cc2)o1. The Hall–Kier alpha value is -2.41. The third-order valence-corrected chi connectivity index (χ3v) is 4.16. The lowest BCUT2D eigenvalue weighted by atomic mass is 10.2. The Bertz CT molecular complexity index is 745. The van der Waals surface area contributed by atoms with Crippen LogP contribution in [-0.4, -0.2) is 40.1 Å². The molecule has 1 aromatic heterocycles. The van der Waals surface area contributed by atoms with Crippen LogP contribution in [-0.2, 0) is 20.9 Å². The normalized spacial score (nSPS) is 15.1. The number of nitrogens with zero attached hydrogens (tertiary/aromatic N) is 3. The van der Waals surface area contributed by atoms with Crippen LogP contribution in [0.4, 0.5) is 0 Å². The summed E-state index contributed by atoms with van der Waals surface area (Å²) in [5.41, 5.74) is 0.727. The molecular weight excluding hydrogens is 346 g/mol. The van der Waals surface area contributed by atoms with Gasteiger partial charge in [-0.25, -0.2) is 0 Å². The summed E-state index contributed by atoms with van der Waals surface area (Å²) in [4.78, 5) is 25.4. The van der Waals surface area contributed by atoms with Crippen LogP contribution >= 0.6 is 11.6 Å². The van der Waals surface area contributed by atoms with Gasteiger partial charge in [0.1, 0.15) is 6.54 Å². The van der Waals surface area contributed by atoms with E-state index in [1.54, 1.807) is 29.2 Å². The van der Waals surface area contributed by atoms with E-state index in [-0.39, 0.29) is 24.9 Å². The molecule has 1 fully saturated rings. The first-order valence-electron chi connectivity index (χ1n) is 8.13. The third kappa shape index (κ3) is 4.79. The van der Waals surface area contributed by atoms with E-state index in [9.17, 15) is 9.59 Å². The first-order chi connectivity index (χ1) is 12.1. The number of halogens is 1. The maximum Gasteiger partial charge on any atom is 0.326 e. The predicted molar refractivity (Wildman–Crippen MR) is 89.6 cm³/mol. The molecule has 1 aromatic carbocycles. The van der Waals surface area contributed by atoms with Crippen LogP contribution in [0.5, 0.6) is 0 Å². The van der Waals surface area contributed by atoms with Gasteiger partial charge in [-0.1, -0.05) is 18.0 Å². The van der Waals surface area contributed by atoms with Gasteiger partial charge in [0.05, 0.1) is 0 Å². The number of ether oxygens (including phenoxy) is 1. The zero-order valence-corrected chi connectivity index (χ0v) is 14.4. The monoisotopic (exact) mass is 363 g/mol. The first kappa shape index (κ1) is 17.4. The Morgan fingerprint density at radius 2 is 2.00 bits per heavy atom. The highest BCUT2D eigenvalue weighted by atomic mass is 35.5. The molecule has 0 radical (unpaired) electrons. The summed E-state index contributed by atoms with van der Waals surface area (Å²) < 4.78 is 10.6. The number of aromatic nitrogens is 2. The number of rotatable bonds is 5. The van der Waals surface area contributed by atoms with Gasteiger partial charge in [-0.05, 0) is 37.1 Å². The molecule has 2 heterocycles. The van der Waals surface area contributed by atoms with Crippen LogP contribution in [0.15, 0.2) is 28.7 Å². The maximum absolute atomic E-state index is 11.9. The Morgan fingerprint density at radius 3 is 2.80 bits per heavy atom. The van der Waals surface area contributed by atoms with E-state index in [1.807, 2.05) is 0 Å². The topological polar surface area (TPSA) is 85.5 Å². The summed E-state index contributed by atoms with van der Waals surface area (Å²) in [5.74, 6) is 0.0321. The Morgan fingerprint density at radius 1 is 1.20 bits per heavy atom. The van der Waals surface area contributed by atoms with E-state index in [1.165, 1.54) is 0 Å². The van der Waals surface area contributed by atoms with Gasteiger partial charge >= 0.3 is 5.97 Å². The molecule has 0 N–H and O–H groups in total. The molecule has 2 aromatic rings. The summed E-state index contributed by atoms with van der Waals surface area (Å²) in [7, 11) is 0. The summed E-state index contributed by atoms with van der Waals surface area (Å²) in [6.45, 7) is 0.424. The van der Waals surface area contributed by atoms with Gasteiger partial charge in [-0.3, -0.25) is 9.59 Å². The lowest BCUT2D eigenvalue weighted by Crippen LogP contribution is -2.35. The van der Waals surface area contributed by atoms with Crippen molar-refractivity contribution in [3.8, 4) is 11.5 Å². The molecule has 25 heavy (non-hydrogen) atoms. The number of likely N-dealkylation sites (tertiary alicyclic amines) is 1. The smallest absolute Gasteiger partial charge is 0.326 e. The second-order valence-electron chi connectivity index (χ2n) is 5.79. The number of carbonyl (C=O) groups excluding carboxylic acids is 2. The number of esters is 1. The van der Waals surface area contributed by atoms with Crippen molar-refractivity contribution in [1.82, 2.24) is 15.1 Å².